The van der Waals surface area contributed by atoms with Gasteiger partial charge >= 0.3 is 0 Å². The van der Waals surface area contributed by atoms with Crippen molar-refractivity contribution in [2.75, 3.05) is 19.0 Å². The molecule has 0 fully saturated rings. The Morgan fingerprint density at radius 1 is 1.42 bits per heavy atom. The maximum absolute atomic E-state index is 9.27. The van der Waals surface area contributed by atoms with Crippen molar-refractivity contribution >= 4 is 5.69 Å². The van der Waals surface area contributed by atoms with Crippen molar-refractivity contribution < 1.29 is 9.84 Å². The highest BCUT2D eigenvalue weighted by atomic mass is 16.5. The summed E-state index contributed by atoms with van der Waals surface area (Å²) in [4.78, 5) is 0. The zero-order chi connectivity index (χ0) is 14.3. The van der Waals surface area contributed by atoms with Gasteiger partial charge in [-0.3, -0.25) is 0 Å². The highest BCUT2D eigenvalue weighted by molar-refractivity contribution is 5.51. The van der Waals surface area contributed by atoms with Gasteiger partial charge in [-0.25, -0.2) is 0 Å². The molecule has 0 aliphatic heterocycles. The summed E-state index contributed by atoms with van der Waals surface area (Å²) in [5.41, 5.74) is 1.78. The van der Waals surface area contributed by atoms with Crippen LogP contribution in [0.5, 0.6) is 5.75 Å². The van der Waals surface area contributed by atoms with Gasteiger partial charge < -0.3 is 15.2 Å². The Morgan fingerprint density at radius 3 is 2.74 bits per heavy atom. The molecule has 0 saturated carbocycles. The second-order valence-corrected chi connectivity index (χ2v) is 5.36. The number of aliphatic hydroxyl groups excluding tert-OH is 1. The molecule has 0 aromatic heterocycles. The summed E-state index contributed by atoms with van der Waals surface area (Å²) >= 11 is 0. The third-order valence-corrected chi connectivity index (χ3v) is 3.14. The van der Waals surface area contributed by atoms with Crippen molar-refractivity contribution in [3.8, 4) is 11.8 Å². The fraction of sp³-hybridized carbons (Fsp3) is 0.533. The van der Waals surface area contributed by atoms with E-state index in [0.717, 1.165) is 24.2 Å². The maximum Gasteiger partial charge on any atom is 0.124 e. The number of hydrogen-bond acceptors (Lipinski definition) is 4. The van der Waals surface area contributed by atoms with E-state index < -0.39 is 0 Å². The third kappa shape index (κ3) is 4.80. The SMILES string of the molecule is COc1ccc(NCC(C)(C)CCC#N)cc1CO. The minimum Gasteiger partial charge on any atom is -0.496 e. The lowest BCUT2D eigenvalue weighted by atomic mass is 9.88. The molecule has 0 saturated heterocycles. The molecule has 1 rings (SSSR count). The van der Waals surface area contributed by atoms with Crippen LogP contribution in [0.25, 0.3) is 0 Å². The number of hydrogen-bond donors (Lipinski definition) is 2. The lowest BCUT2D eigenvalue weighted by Gasteiger charge is -2.24. The second kappa shape index (κ2) is 7.01. The van der Waals surface area contributed by atoms with Gasteiger partial charge in [-0.15, -0.1) is 0 Å². The van der Waals surface area contributed by atoms with Gasteiger partial charge in [0.1, 0.15) is 5.75 Å². The first-order chi connectivity index (χ1) is 9.02. The van der Waals surface area contributed by atoms with Crippen molar-refractivity contribution in [1.29, 1.82) is 5.26 Å². The molecule has 4 nitrogen and oxygen atoms in total. The molecular formula is C15H22N2O2. The Kier molecular flexibility index (Phi) is 5.65. The molecule has 0 aliphatic rings. The average Bonchev–Trinajstić information content (AvgIpc) is 2.42. The minimum atomic E-state index is -0.0451. The van der Waals surface area contributed by atoms with Crippen molar-refractivity contribution in [2.45, 2.75) is 33.3 Å². The summed E-state index contributed by atoms with van der Waals surface area (Å²) in [6.45, 7) is 5.00. The van der Waals surface area contributed by atoms with Crippen LogP contribution in [0.4, 0.5) is 5.69 Å². The van der Waals surface area contributed by atoms with E-state index in [4.69, 9.17) is 10.00 Å². The van der Waals surface area contributed by atoms with Crippen molar-refractivity contribution in [3.05, 3.63) is 23.8 Å². The number of nitriles is 1. The van der Waals surface area contributed by atoms with Gasteiger partial charge in [0.2, 0.25) is 0 Å². The Labute approximate surface area is 115 Å². The van der Waals surface area contributed by atoms with Gasteiger partial charge in [0, 0.05) is 24.2 Å². The molecule has 0 amide bonds. The third-order valence-electron chi connectivity index (χ3n) is 3.14. The molecule has 0 unspecified atom stereocenters. The van der Waals surface area contributed by atoms with Crippen LogP contribution in [-0.2, 0) is 6.61 Å². The summed E-state index contributed by atoms with van der Waals surface area (Å²) in [7, 11) is 1.59. The van der Waals surface area contributed by atoms with Crippen LogP contribution in [0.15, 0.2) is 18.2 Å². The molecule has 0 aliphatic carbocycles. The molecule has 0 atom stereocenters. The van der Waals surface area contributed by atoms with Crippen LogP contribution in [-0.4, -0.2) is 18.8 Å². The lowest BCUT2D eigenvalue weighted by Crippen LogP contribution is -2.22. The average molecular weight is 262 g/mol. The first-order valence-corrected chi connectivity index (χ1v) is 6.41. The Hall–Kier alpha value is -1.73. The number of rotatable bonds is 7. The molecule has 19 heavy (non-hydrogen) atoms. The highest BCUT2D eigenvalue weighted by Crippen LogP contribution is 2.26. The first kappa shape index (κ1) is 15.3. The van der Waals surface area contributed by atoms with Gasteiger partial charge in [0.25, 0.3) is 0 Å². The van der Waals surface area contributed by atoms with Crippen LogP contribution in [0.1, 0.15) is 32.3 Å². The fourth-order valence-corrected chi connectivity index (χ4v) is 1.84. The summed E-state index contributed by atoms with van der Waals surface area (Å²) < 4.78 is 5.17. The number of nitrogens with zero attached hydrogens (tertiary/aromatic N) is 1. The standard InChI is InChI=1S/C15H22N2O2/c1-15(2,7-4-8-16)11-17-13-5-6-14(19-3)12(9-13)10-18/h5-6,9,17-18H,4,7,10-11H2,1-3H3. The molecule has 0 radical (unpaired) electrons. The Bertz CT molecular complexity index is 450. The normalized spacial score (nSPS) is 10.9. The van der Waals surface area contributed by atoms with Crippen LogP contribution >= 0.6 is 0 Å². The van der Waals surface area contributed by atoms with Gasteiger partial charge in [-0.2, -0.15) is 5.26 Å². The Morgan fingerprint density at radius 2 is 2.16 bits per heavy atom. The predicted molar refractivity (Wildman–Crippen MR) is 76.0 cm³/mol. The molecule has 1 aromatic carbocycles. The summed E-state index contributed by atoms with van der Waals surface area (Å²) in [6, 6.07) is 7.84. The van der Waals surface area contributed by atoms with Crippen LogP contribution < -0.4 is 10.1 Å². The van der Waals surface area contributed by atoms with E-state index in [1.807, 2.05) is 18.2 Å². The smallest absolute Gasteiger partial charge is 0.124 e. The number of methoxy groups -OCH3 is 1. The van der Waals surface area contributed by atoms with Gasteiger partial charge in [-0.1, -0.05) is 13.8 Å². The molecular weight excluding hydrogens is 240 g/mol. The van der Waals surface area contributed by atoms with E-state index in [9.17, 15) is 5.11 Å². The lowest BCUT2D eigenvalue weighted by molar-refractivity contribution is 0.274. The van der Waals surface area contributed by atoms with E-state index in [2.05, 4.69) is 25.2 Å². The maximum atomic E-state index is 9.27. The Balaban J connectivity index is 2.65. The predicted octanol–water partition coefficient (Wildman–Crippen LogP) is 2.93. The fourth-order valence-electron chi connectivity index (χ4n) is 1.84. The summed E-state index contributed by atoms with van der Waals surface area (Å²) in [5, 5.41) is 21.2. The summed E-state index contributed by atoms with van der Waals surface area (Å²) in [5.74, 6) is 0.691. The highest BCUT2D eigenvalue weighted by Gasteiger charge is 2.17. The largest absolute Gasteiger partial charge is 0.496 e. The van der Waals surface area contributed by atoms with Crippen LogP contribution in [0, 0.1) is 16.7 Å². The first-order valence-electron chi connectivity index (χ1n) is 6.41. The monoisotopic (exact) mass is 262 g/mol. The molecule has 1 aromatic rings. The minimum absolute atomic E-state index is 0.0451. The zero-order valence-electron chi connectivity index (χ0n) is 11.9. The quantitative estimate of drug-likeness (QED) is 0.793. The van der Waals surface area contributed by atoms with Crippen LogP contribution in [0.2, 0.25) is 0 Å². The molecule has 104 valence electrons. The summed E-state index contributed by atoms with van der Waals surface area (Å²) in [6.07, 6.45) is 1.43. The number of nitrogens with one attached hydrogen (secondary N) is 1. The molecule has 0 spiro atoms. The van der Waals surface area contributed by atoms with Gasteiger partial charge in [-0.05, 0) is 30.0 Å². The topological polar surface area (TPSA) is 65.3 Å². The van der Waals surface area contributed by atoms with E-state index in [1.165, 1.54) is 0 Å². The van der Waals surface area contributed by atoms with E-state index >= 15 is 0 Å². The van der Waals surface area contributed by atoms with E-state index in [-0.39, 0.29) is 12.0 Å². The van der Waals surface area contributed by atoms with E-state index in [1.54, 1.807) is 7.11 Å². The van der Waals surface area contributed by atoms with Crippen molar-refractivity contribution in [3.63, 3.8) is 0 Å². The van der Waals surface area contributed by atoms with Crippen molar-refractivity contribution in [2.24, 2.45) is 5.41 Å². The van der Waals surface area contributed by atoms with Crippen molar-refractivity contribution in [1.82, 2.24) is 0 Å². The van der Waals surface area contributed by atoms with Gasteiger partial charge in [0.05, 0.1) is 19.8 Å². The number of benzene rings is 1. The molecule has 0 bridgehead atoms. The molecule has 2 N–H and O–H groups in total. The zero-order valence-corrected chi connectivity index (χ0v) is 11.9. The molecule has 0 heterocycles. The van der Waals surface area contributed by atoms with Gasteiger partial charge in [0.15, 0.2) is 0 Å². The molecule has 4 heteroatoms. The number of ether oxygens (including phenoxy) is 1. The number of aliphatic hydroxyl groups is 1. The number of anilines is 1. The van der Waals surface area contributed by atoms with Crippen LogP contribution in [0.3, 0.4) is 0 Å². The van der Waals surface area contributed by atoms with E-state index in [0.29, 0.717) is 12.2 Å². The second-order valence-electron chi connectivity index (χ2n) is 5.36.